The first kappa shape index (κ1) is 19.6. The first-order valence-electron chi connectivity index (χ1n) is 10.1. The number of phenols is 1. The van der Waals surface area contributed by atoms with Crippen molar-refractivity contribution < 1.29 is 14.3 Å². The fraction of sp³-hybridized carbons (Fsp3) is 0.435. The van der Waals surface area contributed by atoms with Crippen molar-refractivity contribution in [3.8, 4) is 5.75 Å². The number of aromatic hydroxyl groups is 1. The van der Waals surface area contributed by atoms with Gasteiger partial charge in [-0.3, -0.25) is 4.79 Å². The molecule has 2 aliphatic rings. The number of benzene rings is 2. The predicted molar refractivity (Wildman–Crippen MR) is 113 cm³/mol. The van der Waals surface area contributed by atoms with Crippen molar-refractivity contribution in [2.45, 2.75) is 39.0 Å². The molecule has 0 atom stereocenters. The number of nitrogens with zero attached hydrogens (tertiary/aromatic N) is 2. The minimum atomic E-state index is -0.638. The molecule has 5 nitrogen and oxygen atoms in total. The Hall–Kier alpha value is -2.76. The zero-order valence-electron chi connectivity index (χ0n) is 17.2. The monoisotopic (exact) mass is 397 g/mol. The van der Waals surface area contributed by atoms with E-state index in [1.54, 1.807) is 12.1 Å². The van der Waals surface area contributed by atoms with Crippen molar-refractivity contribution in [1.29, 1.82) is 0 Å². The maximum absolute atomic E-state index is 14.3. The third-order valence-electron chi connectivity index (χ3n) is 6.28. The SMILES string of the molecule is CC(C)(C)C(=O)N1CCC2(CC1)CN(c1ccccc1N)c1c2ccc(F)c1O. The van der Waals surface area contributed by atoms with Crippen molar-refractivity contribution in [2.75, 3.05) is 30.3 Å². The lowest BCUT2D eigenvalue weighted by atomic mass is 9.74. The number of nitrogen functional groups attached to an aromatic ring is 1. The van der Waals surface area contributed by atoms with E-state index >= 15 is 0 Å². The minimum absolute atomic E-state index is 0.150. The van der Waals surface area contributed by atoms with Crippen LogP contribution in [0.5, 0.6) is 5.75 Å². The lowest BCUT2D eigenvalue weighted by Gasteiger charge is -2.41. The van der Waals surface area contributed by atoms with Gasteiger partial charge in [-0.25, -0.2) is 4.39 Å². The first-order valence-corrected chi connectivity index (χ1v) is 10.1. The van der Waals surface area contributed by atoms with Crippen molar-refractivity contribution in [2.24, 2.45) is 5.41 Å². The highest BCUT2D eigenvalue weighted by Gasteiger charge is 2.48. The normalized spacial score (nSPS) is 18.2. The van der Waals surface area contributed by atoms with Crippen molar-refractivity contribution in [3.63, 3.8) is 0 Å². The van der Waals surface area contributed by atoms with Gasteiger partial charge in [-0.2, -0.15) is 0 Å². The molecule has 0 aliphatic carbocycles. The average Bonchev–Trinajstić information content (AvgIpc) is 2.99. The van der Waals surface area contributed by atoms with Crippen molar-refractivity contribution in [3.05, 3.63) is 47.8 Å². The molecule has 154 valence electrons. The zero-order chi connectivity index (χ0) is 21.0. The molecule has 1 spiro atoms. The molecule has 29 heavy (non-hydrogen) atoms. The number of fused-ring (bicyclic) bond motifs is 2. The summed E-state index contributed by atoms with van der Waals surface area (Å²) in [6.45, 7) is 7.70. The van der Waals surface area contributed by atoms with Gasteiger partial charge in [-0.05, 0) is 36.6 Å². The Balaban J connectivity index is 1.72. The van der Waals surface area contributed by atoms with Gasteiger partial charge in [0.2, 0.25) is 5.91 Å². The Morgan fingerprint density at radius 2 is 1.79 bits per heavy atom. The van der Waals surface area contributed by atoms with Gasteiger partial charge in [0.25, 0.3) is 0 Å². The number of rotatable bonds is 1. The summed E-state index contributed by atoms with van der Waals surface area (Å²) in [6, 6.07) is 10.6. The minimum Gasteiger partial charge on any atom is -0.503 e. The summed E-state index contributed by atoms with van der Waals surface area (Å²) in [4.78, 5) is 16.6. The predicted octanol–water partition coefficient (Wildman–Crippen LogP) is 4.17. The van der Waals surface area contributed by atoms with Gasteiger partial charge in [-0.15, -0.1) is 0 Å². The van der Waals surface area contributed by atoms with Crippen LogP contribution in [-0.4, -0.2) is 35.5 Å². The van der Waals surface area contributed by atoms with E-state index in [4.69, 9.17) is 5.73 Å². The van der Waals surface area contributed by atoms with Crippen LogP contribution in [0, 0.1) is 11.2 Å². The molecule has 4 rings (SSSR count). The second-order valence-electron chi connectivity index (χ2n) is 9.26. The summed E-state index contributed by atoms with van der Waals surface area (Å²) in [5.74, 6) is -0.826. The standard InChI is InChI=1S/C23H28FN3O2/c1-22(2,3)21(29)26-12-10-23(11-13-26)14-27(18-7-5-4-6-17(18)25)19-15(23)8-9-16(24)20(19)28/h4-9,28H,10-14,25H2,1-3H3. The van der Waals surface area contributed by atoms with E-state index in [0.29, 0.717) is 31.0 Å². The van der Waals surface area contributed by atoms with E-state index in [2.05, 4.69) is 0 Å². The number of amides is 1. The Morgan fingerprint density at radius 3 is 2.41 bits per heavy atom. The highest BCUT2D eigenvalue weighted by molar-refractivity contribution is 5.84. The van der Waals surface area contributed by atoms with Crippen molar-refractivity contribution in [1.82, 2.24) is 4.90 Å². The summed E-state index contributed by atoms with van der Waals surface area (Å²) in [6.07, 6.45) is 1.52. The summed E-state index contributed by atoms with van der Waals surface area (Å²) in [5, 5.41) is 10.6. The van der Waals surface area contributed by atoms with E-state index in [0.717, 1.165) is 24.1 Å². The molecule has 0 bridgehead atoms. The highest BCUT2D eigenvalue weighted by Crippen LogP contribution is 2.54. The van der Waals surface area contributed by atoms with Crippen LogP contribution in [0.3, 0.4) is 0 Å². The molecule has 3 N–H and O–H groups in total. The Morgan fingerprint density at radius 1 is 1.14 bits per heavy atom. The van der Waals surface area contributed by atoms with E-state index in [1.807, 2.05) is 48.8 Å². The largest absolute Gasteiger partial charge is 0.503 e. The smallest absolute Gasteiger partial charge is 0.227 e. The third-order valence-corrected chi connectivity index (χ3v) is 6.28. The van der Waals surface area contributed by atoms with E-state index in [-0.39, 0.29) is 17.1 Å². The molecule has 1 fully saturated rings. The summed E-state index contributed by atoms with van der Waals surface area (Å²) in [5.41, 5.74) is 8.32. The van der Waals surface area contributed by atoms with Crippen LogP contribution in [-0.2, 0) is 10.2 Å². The van der Waals surface area contributed by atoms with Gasteiger partial charge in [0.05, 0.1) is 17.1 Å². The number of hydrogen-bond donors (Lipinski definition) is 2. The molecule has 0 saturated carbocycles. The number of para-hydroxylation sites is 2. The van der Waals surface area contributed by atoms with Crippen LogP contribution < -0.4 is 10.6 Å². The number of piperidine rings is 1. The molecule has 1 amide bonds. The fourth-order valence-corrected chi connectivity index (χ4v) is 4.70. The fourth-order valence-electron chi connectivity index (χ4n) is 4.70. The van der Waals surface area contributed by atoms with Gasteiger partial charge in [0, 0.05) is 30.5 Å². The van der Waals surface area contributed by atoms with Gasteiger partial charge < -0.3 is 20.6 Å². The summed E-state index contributed by atoms with van der Waals surface area (Å²) >= 11 is 0. The Bertz CT molecular complexity index is 959. The molecule has 2 aromatic carbocycles. The molecule has 1 saturated heterocycles. The van der Waals surface area contributed by atoms with Gasteiger partial charge >= 0.3 is 0 Å². The number of phenolic OH excluding ortho intramolecular Hbond substituents is 1. The number of hydrogen-bond acceptors (Lipinski definition) is 4. The van der Waals surface area contributed by atoms with Gasteiger partial charge in [0.1, 0.15) is 0 Å². The van der Waals surface area contributed by atoms with Crippen LogP contribution in [0.2, 0.25) is 0 Å². The van der Waals surface area contributed by atoms with Crippen LogP contribution in [0.25, 0.3) is 0 Å². The molecule has 6 heteroatoms. The molecule has 0 aromatic heterocycles. The second kappa shape index (κ2) is 6.65. The summed E-state index contributed by atoms with van der Waals surface area (Å²) < 4.78 is 14.3. The number of nitrogens with two attached hydrogens (primary N) is 1. The summed E-state index contributed by atoms with van der Waals surface area (Å²) in [7, 11) is 0. The molecular weight excluding hydrogens is 369 g/mol. The number of anilines is 3. The van der Waals surface area contributed by atoms with Crippen molar-refractivity contribution >= 4 is 23.0 Å². The van der Waals surface area contributed by atoms with Crippen LogP contribution in [0.1, 0.15) is 39.2 Å². The molecule has 2 aliphatic heterocycles. The first-order chi connectivity index (χ1) is 13.6. The average molecular weight is 397 g/mol. The lowest BCUT2D eigenvalue weighted by molar-refractivity contribution is -0.141. The second-order valence-corrected chi connectivity index (χ2v) is 9.26. The topological polar surface area (TPSA) is 69.8 Å². The van der Waals surface area contributed by atoms with E-state index < -0.39 is 11.2 Å². The number of halogens is 1. The Labute approximate surface area is 170 Å². The number of carbonyl (C=O) groups is 1. The zero-order valence-corrected chi connectivity index (χ0v) is 17.2. The molecule has 0 radical (unpaired) electrons. The third kappa shape index (κ3) is 3.11. The van der Waals surface area contributed by atoms with Crippen LogP contribution >= 0.6 is 0 Å². The molecular formula is C23H28FN3O2. The maximum atomic E-state index is 14.3. The molecule has 2 heterocycles. The van der Waals surface area contributed by atoms with E-state index in [9.17, 15) is 14.3 Å². The van der Waals surface area contributed by atoms with Crippen LogP contribution in [0.4, 0.5) is 21.5 Å². The van der Waals surface area contributed by atoms with E-state index in [1.165, 1.54) is 6.07 Å². The van der Waals surface area contributed by atoms with Gasteiger partial charge in [0.15, 0.2) is 11.6 Å². The lowest BCUT2D eigenvalue weighted by Crippen LogP contribution is -2.49. The highest BCUT2D eigenvalue weighted by atomic mass is 19.1. The molecule has 0 unspecified atom stereocenters. The Kier molecular flexibility index (Phi) is 4.48. The molecule has 2 aromatic rings. The van der Waals surface area contributed by atoms with Gasteiger partial charge in [-0.1, -0.05) is 39.0 Å². The van der Waals surface area contributed by atoms with Crippen LogP contribution in [0.15, 0.2) is 36.4 Å². The quantitative estimate of drug-likeness (QED) is 0.709. The maximum Gasteiger partial charge on any atom is 0.227 e. The number of carbonyl (C=O) groups excluding carboxylic acids is 1. The number of likely N-dealkylation sites (tertiary alicyclic amines) is 1.